The van der Waals surface area contributed by atoms with E-state index in [2.05, 4.69) is 4.74 Å². The number of ether oxygens (including phenoxy) is 4. The van der Waals surface area contributed by atoms with Crippen molar-refractivity contribution in [3.63, 3.8) is 0 Å². The number of benzene rings is 1. The van der Waals surface area contributed by atoms with Crippen molar-refractivity contribution in [2.24, 2.45) is 5.92 Å². The van der Waals surface area contributed by atoms with Gasteiger partial charge in [-0.05, 0) is 76.5 Å². The fourth-order valence-electron chi connectivity index (χ4n) is 4.60. The van der Waals surface area contributed by atoms with E-state index < -0.39 is 36.4 Å². The van der Waals surface area contributed by atoms with Gasteiger partial charge in [0.05, 0.1) is 6.61 Å². The number of alkyl halides is 2. The predicted molar refractivity (Wildman–Crippen MR) is 150 cm³/mol. The molecule has 1 saturated heterocycles. The second-order valence-corrected chi connectivity index (χ2v) is 12.3. The molecule has 1 aromatic carbocycles. The molecule has 2 unspecified atom stereocenters. The lowest BCUT2D eigenvalue weighted by Crippen LogP contribution is -2.50. The zero-order valence-electron chi connectivity index (χ0n) is 23.6. The van der Waals surface area contributed by atoms with E-state index in [9.17, 15) is 23.6 Å². The monoisotopic (exact) mass is 630 g/mol. The Hall–Kier alpha value is -3.05. The van der Waals surface area contributed by atoms with Gasteiger partial charge >= 0.3 is 18.7 Å². The van der Waals surface area contributed by atoms with Gasteiger partial charge < -0.3 is 24.2 Å². The zero-order valence-corrected chi connectivity index (χ0v) is 25.1. The van der Waals surface area contributed by atoms with Crippen molar-refractivity contribution < 1.29 is 42.0 Å². The molecular weight excluding hydrogens is 597 g/mol. The van der Waals surface area contributed by atoms with Gasteiger partial charge in [0, 0.05) is 18.5 Å². The van der Waals surface area contributed by atoms with E-state index in [1.807, 2.05) is 0 Å². The van der Waals surface area contributed by atoms with Crippen LogP contribution in [0.15, 0.2) is 30.6 Å². The summed E-state index contributed by atoms with van der Waals surface area (Å²) in [6.45, 7) is 2.78. The predicted octanol–water partition coefficient (Wildman–Crippen LogP) is 6.63. The maximum Gasteiger partial charge on any atom is 0.411 e. The SMILES string of the molecule is CC(C)(C)OC(=O)N1CCCCC1C(=O)OC(Cc1c(Cl)c[n+]([O-])cc1Cl)c1ccc(OC(F)F)c(OCC2CC2)c1. The molecule has 1 aliphatic heterocycles. The number of piperidine rings is 1. The van der Waals surface area contributed by atoms with Crippen LogP contribution < -0.4 is 14.2 Å². The molecule has 2 heterocycles. The standard InChI is InChI=1S/C29H34Cl2F2N2O7/c1-29(2,3)42-28(37)35-11-5-4-6-22(35)26(36)40-24(13-19-20(30)14-34(38)15-21(19)31)18-9-10-23(41-27(32)33)25(12-18)39-16-17-7-8-17/h9-10,12,14-15,17,22,24,27H,4-8,11,13,16H2,1-3H3. The quantitative estimate of drug-likeness (QED) is 0.165. The molecule has 9 nitrogen and oxygen atoms in total. The van der Waals surface area contributed by atoms with E-state index in [-0.39, 0.29) is 28.0 Å². The summed E-state index contributed by atoms with van der Waals surface area (Å²) in [4.78, 5) is 27.9. The molecule has 2 aliphatic rings. The van der Waals surface area contributed by atoms with E-state index in [1.165, 1.54) is 23.1 Å². The number of carbonyl (C=O) groups excluding carboxylic acids is 2. The highest BCUT2D eigenvalue weighted by Gasteiger charge is 2.37. The number of esters is 1. The van der Waals surface area contributed by atoms with Crippen LogP contribution in [0.2, 0.25) is 10.0 Å². The number of carbonyl (C=O) groups is 2. The topological polar surface area (TPSA) is 101 Å². The van der Waals surface area contributed by atoms with E-state index in [0.717, 1.165) is 25.2 Å². The summed E-state index contributed by atoms with van der Waals surface area (Å²) in [7, 11) is 0. The van der Waals surface area contributed by atoms with Crippen molar-refractivity contribution in [3.8, 4) is 11.5 Å². The van der Waals surface area contributed by atoms with Crippen molar-refractivity contribution in [2.45, 2.75) is 83.7 Å². The third kappa shape index (κ3) is 8.73. The van der Waals surface area contributed by atoms with Gasteiger partial charge in [-0.15, -0.1) is 0 Å². The van der Waals surface area contributed by atoms with Crippen molar-refractivity contribution in [1.82, 2.24) is 4.90 Å². The van der Waals surface area contributed by atoms with Gasteiger partial charge in [0.15, 0.2) is 23.9 Å². The molecule has 0 radical (unpaired) electrons. The Morgan fingerprint density at radius 3 is 2.40 bits per heavy atom. The van der Waals surface area contributed by atoms with E-state index in [4.69, 9.17) is 37.4 Å². The van der Waals surface area contributed by atoms with Crippen LogP contribution in [0.1, 0.15) is 70.1 Å². The van der Waals surface area contributed by atoms with Crippen LogP contribution in [0.25, 0.3) is 0 Å². The minimum Gasteiger partial charge on any atom is -0.619 e. The third-order valence-corrected chi connectivity index (χ3v) is 7.49. The van der Waals surface area contributed by atoms with Crippen molar-refractivity contribution in [3.05, 3.63) is 57.0 Å². The Labute approximate surface area is 253 Å². The van der Waals surface area contributed by atoms with E-state index in [0.29, 0.717) is 54.2 Å². The summed E-state index contributed by atoms with van der Waals surface area (Å²) in [6, 6.07) is 3.36. The Morgan fingerprint density at radius 1 is 1.10 bits per heavy atom. The Balaban J connectivity index is 1.66. The summed E-state index contributed by atoms with van der Waals surface area (Å²) in [5.41, 5.74) is -0.0328. The number of halogens is 4. The molecule has 42 heavy (non-hydrogen) atoms. The number of likely N-dealkylation sites (tertiary alicyclic amines) is 1. The van der Waals surface area contributed by atoms with Crippen LogP contribution in [0.4, 0.5) is 13.6 Å². The molecular formula is C29H34Cl2F2N2O7. The highest BCUT2D eigenvalue weighted by Crippen LogP contribution is 2.38. The highest BCUT2D eigenvalue weighted by atomic mass is 35.5. The lowest BCUT2D eigenvalue weighted by atomic mass is 10.00. The van der Waals surface area contributed by atoms with E-state index >= 15 is 0 Å². The number of pyridine rings is 1. The third-order valence-electron chi connectivity index (χ3n) is 6.84. The lowest BCUT2D eigenvalue weighted by molar-refractivity contribution is -0.605. The first-order chi connectivity index (χ1) is 19.8. The first-order valence-electron chi connectivity index (χ1n) is 13.8. The molecule has 2 atom stereocenters. The first kappa shape index (κ1) is 31.9. The maximum atomic E-state index is 13.7. The maximum absolute atomic E-state index is 13.7. The summed E-state index contributed by atoms with van der Waals surface area (Å²) in [6.07, 6.45) is 4.24. The van der Waals surface area contributed by atoms with Crippen molar-refractivity contribution >= 4 is 35.3 Å². The first-order valence-corrected chi connectivity index (χ1v) is 14.5. The van der Waals surface area contributed by atoms with Gasteiger partial charge in [0.2, 0.25) is 0 Å². The molecule has 1 saturated carbocycles. The average Bonchev–Trinajstić information content (AvgIpc) is 3.72. The molecule has 0 bridgehead atoms. The molecule has 4 rings (SSSR count). The molecule has 13 heteroatoms. The number of hydrogen-bond donors (Lipinski definition) is 0. The Morgan fingerprint density at radius 2 is 1.79 bits per heavy atom. The van der Waals surface area contributed by atoms with Crippen LogP contribution >= 0.6 is 23.2 Å². The highest BCUT2D eigenvalue weighted by molar-refractivity contribution is 6.35. The molecule has 0 spiro atoms. The molecule has 2 fully saturated rings. The Kier molecular flexibility index (Phi) is 10.2. The van der Waals surface area contributed by atoms with Gasteiger partial charge in [-0.1, -0.05) is 29.3 Å². The zero-order chi connectivity index (χ0) is 30.6. The van der Waals surface area contributed by atoms with Crippen LogP contribution in [-0.4, -0.2) is 48.4 Å². The second-order valence-electron chi connectivity index (χ2n) is 11.4. The van der Waals surface area contributed by atoms with Gasteiger partial charge in [0.1, 0.15) is 27.8 Å². The van der Waals surface area contributed by atoms with Crippen LogP contribution in [0.3, 0.4) is 0 Å². The second kappa shape index (κ2) is 13.5. The largest absolute Gasteiger partial charge is 0.619 e. The summed E-state index contributed by atoms with van der Waals surface area (Å²) >= 11 is 12.7. The fraction of sp³-hybridized carbons (Fsp3) is 0.552. The van der Waals surface area contributed by atoms with Gasteiger partial charge in [-0.2, -0.15) is 13.5 Å². The molecule has 2 aromatic rings. The van der Waals surface area contributed by atoms with Crippen LogP contribution in [-0.2, 0) is 20.7 Å². The summed E-state index contributed by atoms with van der Waals surface area (Å²) < 4.78 is 48.7. The van der Waals surface area contributed by atoms with Gasteiger partial charge in [-0.3, -0.25) is 4.90 Å². The average molecular weight is 632 g/mol. The molecule has 1 aliphatic carbocycles. The smallest absolute Gasteiger partial charge is 0.411 e. The van der Waals surface area contributed by atoms with Gasteiger partial charge in [-0.25, -0.2) is 9.59 Å². The van der Waals surface area contributed by atoms with Crippen molar-refractivity contribution in [2.75, 3.05) is 13.2 Å². The Bertz CT molecular complexity index is 1260. The van der Waals surface area contributed by atoms with E-state index in [1.54, 1.807) is 20.8 Å². The number of amides is 1. The van der Waals surface area contributed by atoms with Crippen LogP contribution in [0, 0.1) is 11.1 Å². The molecule has 1 amide bonds. The van der Waals surface area contributed by atoms with Crippen molar-refractivity contribution in [1.29, 1.82) is 0 Å². The number of rotatable bonds is 10. The molecule has 1 aromatic heterocycles. The normalized spacial score (nSPS) is 18.0. The minimum absolute atomic E-state index is 0.0504. The number of aromatic nitrogens is 1. The summed E-state index contributed by atoms with van der Waals surface area (Å²) in [5, 5.41) is 11.9. The fourth-order valence-corrected chi connectivity index (χ4v) is 5.19. The van der Waals surface area contributed by atoms with Gasteiger partial charge in [0.25, 0.3) is 0 Å². The molecule has 0 N–H and O–H groups in total. The summed E-state index contributed by atoms with van der Waals surface area (Å²) in [5.74, 6) is -0.448. The number of nitrogens with zero attached hydrogens (tertiary/aromatic N) is 2. The number of hydrogen-bond acceptors (Lipinski definition) is 7. The van der Waals surface area contributed by atoms with Crippen LogP contribution in [0.5, 0.6) is 11.5 Å². The molecule has 230 valence electrons. The minimum atomic E-state index is -3.07. The lowest BCUT2D eigenvalue weighted by Gasteiger charge is -2.36.